The lowest BCUT2D eigenvalue weighted by Gasteiger charge is -2.37. The molecule has 0 spiro atoms. The number of hydrogen-bond acceptors (Lipinski definition) is 6. The summed E-state index contributed by atoms with van der Waals surface area (Å²) in [6, 6.07) is 14.1. The van der Waals surface area contributed by atoms with Gasteiger partial charge in [-0.25, -0.2) is 0 Å². The third-order valence-electron chi connectivity index (χ3n) is 7.90. The zero-order valence-electron chi connectivity index (χ0n) is 19.7. The zero-order chi connectivity index (χ0) is 23.9. The SMILES string of the molecule is O=C1CCC(N2Cc3c(CN4CCOCC4CC4CNc5ccccc54)cccc3C2=O)C(=O)N1. The summed E-state index contributed by atoms with van der Waals surface area (Å²) in [7, 11) is 0. The van der Waals surface area contributed by atoms with Gasteiger partial charge in [0, 0.05) is 55.8 Å². The second-order valence-electron chi connectivity index (χ2n) is 9.94. The minimum absolute atomic E-state index is 0.122. The van der Waals surface area contributed by atoms with Crippen LogP contribution in [0.2, 0.25) is 0 Å². The van der Waals surface area contributed by atoms with Crippen molar-refractivity contribution in [3.63, 3.8) is 0 Å². The highest BCUT2D eigenvalue weighted by Gasteiger charge is 2.40. The summed E-state index contributed by atoms with van der Waals surface area (Å²) in [5.74, 6) is -0.313. The van der Waals surface area contributed by atoms with Gasteiger partial charge in [0.05, 0.1) is 13.2 Å². The fraction of sp³-hybridized carbons (Fsp3) is 0.444. The van der Waals surface area contributed by atoms with Crippen molar-refractivity contribution in [3.8, 4) is 0 Å². The lowest BCUT2D eigenvalue weighted by atomic mass is 9.92. The van der Waals surface area contributed by atoms with E-state index in [1.165, 1.54) is 11.3 Å². The van der Waals surface area contributed by atoms with Crippen molar-refractivity contribution in [2.45, 2.75) is 50.4 Å². The Labute approximate surface area is 204 Å². The Morgan fingerprint density at radius 2 is 1.94 bits per heavy atom. The topological polar surface area (TPSA) is 91.0 Å². The molecule has 0 bridgehead atoms. The molecular formula is C27H30N4O4. The molecular weight excluding hydrogens is 444 g/mol. The molecule has 3 amide bonds. The van der Waals surface area contributed by atoms with Gasteiger partial charge in [0.15, 0.2) is 0 Å². The highest BCUT2D eigenvalue weighted by molar-refractivity contribution is 6.05. The van der Waals surface area contributed by atoms with Crippen molar-refractivity contribution >= 4 is 23.4 Å². The van der Waals surface area contributed by atoms with E-state index in [1.54, 1.807) is 4.90 Å². The molecule has 4 aliphatic heterocycles. The maximum Gasteiger partial charge on any atom is 0.255 e. The first-order valence-corrected chi connectivity index (χ1v) is 12.5. The number of nitrogens with one attached hydrogen (secondary N) is 2. The normalized spacial score (nSPS) is 26.3. The predicted molar refractivity (Wildman–Crippen MR) is 130 cm³/mol. The number of anilines is 1. The quantitative estimate of drug-likeness (QED) is 0.646. The van der Waals surface area contributed by atoms with Crippen LogP contribution in [0.4, 0.5) is 5.69 Å². The summed E-state index contributed by atoms with van der Waals surface area (Å²) < 4.78 is 5.88. The molecule has 3 atom stereocenters. The van der Waals surface area contributed by atoms with E-state index < -0.39 is 6.04 Å². The fourth-order valence-electron chi connectivity index (χ4n) is 6.03. The van der Waals surface area contributed by atoms with Gasteiger partial charge >= 0.3 is 0 Å². The Balaban J connectivity index is 1.20. The molecule has 2 saturated heterocycles. The van der Waals surface area contributed by atoms with Gasteiger partial charge in [-0.1, -0.05) is 30.3 Å². The van der Waals surface area contributed by atoms with Crippen molar-refractivity contribution in [2.24, 2.45) is 0 Å². The number of ether oxygens (including phenoxy) is 1. The van der Waals surface area contributed by atoms with Crippen molar-refractivity contribution < 1.29 is 19.1 Å². The van der Waals surface area contributed by atoms with Crippen LogP contribution < -0.4 is 10.6 Å². The Hall–Kier alpha value is -3.23. The average Bonchev–Trinajstić information content (AvgIpc) is 3.42. The van der Waals surface area contributed by atoms with Crippen LogP contribution in [0.15, 0.2) is 42.5 Å². The van der Waals surface area contributed by atoms with Crippen molar-refractivity contribution in [1.82, 2.24) is 15.1 Å². The molecule has 0 aromatic heterocycles. The van der Waals surface area contributed by atoms with E-state index in [1.807, 2.05) is 12.1 Å². The number of fused-ring (bicyclic) bond motifs is 2. The van der Waals surface area contributed by atoms with Crippen LogP contribution in [0.25, 0.3) is 0 Å². The molecule has 6 rings (SSSR count). The molecule has 0 radical (unpaired) electrons. The first-order valence-electron chi connectivity index (χ1n) is 12.5. The summed E-state index contributed by atoms with van der Waals surface area (Å²) in [4.78, 5) is 41.3. The maximum atomic E-state index is 13.2. The number of piperidine rings is 1. The van der Waals surface area contributed by atoms with Crippen molar-refractivity contribution in [3.05, 3.63) is 64.7 Å². The summed E-state index contributed by atoms with van der Waals surface area (Å²) >= 11 is 0. The van der Waals surface area contributed by atoms with Crippen LogP contribution >= 0.6 is 0 Å². The number of amides is 3. The van der Waals surface area contributed by atoms with Crippen LogP contribution in [-0.2, 0) is 27.4 Å². The largest absolute Gasteiger partial charge is 0.384 e. The maximum absolute atomic E-state index is 13.2. The molecule has 182 valence electrons. The number of rotatable bonds is 5. The van der Waals surface area contributed by atoms with Gasteiger partial charge in [0.1, 0.15) is 6.04 Å². The van der Waals surface area contributed by atoms with Gasteiger partial charge in [-0.15, -0.1) is 0 Å². The molecule has 2 N–H and O–H groups in total. The van der Waals surface area contributed by atoms with Gasteiger partial charge in [-0.3, -0.25) is 24.6 Å². The Morgan fingerprint density at radius 1 is 1.06 bits per heavy atom. The summed E-state index contributed by atoms with van der Waals surface area (Å²) in [6.45, 7) is 4.35. The first kappa shape index (κ1) is 22.2. The molecule has 3 unspecified atom stereocenters. The molecule has 2 fully saturated rings. The number of para-hydroxylation sites is 1. The van der Waals surface area contributed by atoms with Crippen LogP contribution in [0.5, 0.6) is 0 Å². The third-order valence-corrected chi connectivity index (χ3v) is 7.90. The number of carbonyl (C=O) groups excluding carboxylic acids is 3. The monoisotopic (exact) mass is 474 g/mol. The molecule has 4 aliphatic rings. The smallest absolute Gasteiger partial charge is 0.255 e. The van der Waals surface area contributed by atoms with Crippen LogP contribution in [-0.4, -0.2) is 65.9 Å². The Bertz CT molecular complexity index is 1180. The highest BCUT2D eigenvalue weighted by Crippen LogP contribution is 2.36. The van der Waals surface area contributed by atoms with E-state index in [9.17, 15) is 14.4 Å². The summed E-state index contributed by atoms with van der Waals surface area (Å²) in [5.41, 5.74) is 5.41. The zero-order valence-corrected chi connectivity index (χ0v) is 19.7. The van der Waals surface area contributed by atoms with Crippen LogP contribution in [0, 0.1) is 0 Å². The molecule has 35 heavy (non-hydrogen) atoms. The van der Waals surface area contributed by atoms with Crippen molar-refractivity contribution in [2.75, 3.05) is 31.6 Å². The average molecular weight is 475 g/mol. The lowest BCUT2D eigenvalue weighted by molar-refractivity contribution is -0.136. The Morgan fingerprint density at radius 3 is 2.83 bits per heavy atom. The van der Waals surface area contributed by atoms with E-state index in [-0.39, 0.29) is 24.1 Å². The molecule has 8 heteroatoms. The number of hydrogen-bond donors (Lipinski definition) is 2. The lowest BCUT2D eigenvalue weighted by Crippen LogP contribution is -2.52. The molecule has 4 heterocycles. The van der Waals surface area contributed by atoms with E-state index in [0.717, 1.165) is 37.2 Å². The van der Waals surface area contributed by atoms with Crippen molar-refractivity contribution in [1.29, 1.82) is 0 Å². The second kappa shape index (κ2) is 9.09. The number of carbonyl (C=O) groups is 3. The van der Waals surface area contributed by atoms with Crippen LogP contribution in [0.3, 0.4) is 0 Å². The third kappa shape index (κ3) is 4.10. The van der Waals surface area contributed by atoms with E-state index >= 15 is 0 Å². The Kier molecular flexibility index (Phi) is 5.78. The van der Waals surface area contributed by atoms with Gasteiger partial charge in [-0.2, -0.15) is 0 Å². The van der Waals surface area contributed by atoms with Gasteiger partial charge in [0.2, 0.25) is 11.8 Å². The van der Waals surface area contributed by atoms with Gasteiger partial charge < -0.3 is 15.0 Å². The molecule has 0 aliphatic carbocycles. The standard InChI is InChI=1S/C27H30N4O4/c32-25-9-8-24(26(33)29-25)31-15-22-17(4-3-6-21(22)27(31)34)14-30-10-11-35-16-19(30)12-18-13-28-23-7-2-1-5-20(18)23/h1-7,18-19,24,28H,8-16H2,(H,29,32,33). The van der Waals surface area contributed by atoms with Crippen LogP contribution in [0.1, 0.15) is 52.2 Å². The molecule has 2 aromatic carbocycles. The molecule has 0 saturated carbocycles. The van der Waals surface area contributed by atoms with E-state index in [4.69, 9.17) is 4.74 Å². The highest BCUT2D eigenvalue weighted by atomic mass is 16.5. The van der Waals surface area contributed by atoms with Gasteiger partial charge in [0.25, 0.3) is 5.91 Å². The number of morpholine rings is 1. The van der Waals surface area contributed by atoms with Gasteiger partial charge in [-0.05, 0) is 41.7 Å². The summed E-state index contributed by atoms with van der Waals surface area (Å²) in [5, 5.41) is 5.91. The first-order chi connectivity index (χ1) is 17.1. The predicted octanol–water partition coefficient (Wildman–Crippen LogP) is 2.25. The van der Waals surface area contributed by atoms with E-state index in [0.29, 0.717) is 43.7 Å². The number of benzene rings is 2. The fourth-order valence-corrected chi connectivity index (χ4v) is 6.03. The molecule has 8 nitrogen and oxygen atoms in total. The minimum Gasteiger partial charge on any atom is -0.384 e. The summed E-state index contributed by atoms with van der Waals surface area (Å²) in [6.07, 6.45) is 1.65. The number of imide groups is 1. The van der Waals surface area contributed by atoms with E-state index in [2.05, 4.69) is 45.9 Å². The minimum atomic E-state index is -0.591. The molecule has 2 aromatic rings. The number of nitrogens with zero attached hydrogens (tertiary/aromatic N) is 2. The second-order valence-corrected chi connectivity index (χ2v) is 9.94.